The molecule has 1 unspecified atom stereocenters. The molecule has 0 aliphatic carbocycles. The van der Waals surface area contributed by atoms with Crippen LogP contribution in [0.3, 0.4) is 0 Å². The lowest BCUT2D eigenvalue weighted by molar-refractivity contribution is 0.172. The topological polar surface area (TPSA) is 42.1 Å². The first kappa shape index (κ1) is 14.2. The van der Waals surface area contributed by atoms with Gasteiger partial charge >= 0.3 is 0 Å². The second-order valence-corrected chi connectivity index (χ2v) is 5.76. The summed E-state index contributed by atoms with van der Waals surface area (Å²) in [4.78, 5) is 7.75. The first-order valence-electron chi connectivity index (χ1n) is 5.30. The lowest BCUT2D eigenvalue weighted by Crippen LogP contribution is -2.37. The zero-order valence-corrected chi connectivity index (χ0v) is 11.5. The summed E-state index contributed by atoms with van der Waals surface area (Å²) in [6, 6.07) is 0. The van der Waals surface area contributed by atoms with Gasteiger partial charge in [-0.15, -0.1) is 23.7 Å². The summed E-state index contributed by atoms with van der Waals surface area (Å²) < 4.78 is 0.636. The van der Waals surface area contributed by atoms with Gasteiger partial charge in [0, 0.05) is 24.2 Å². The zero-order chi connectivity index (χ0) is 10.7. The molecule has 0 spiro atoms. The average Bonchev–Trinajstić information content (AvgIpc) is 2.64. The van der Waals surface area contributed by atoms with Gasteiger partial charge in [-0.2, -0.15) is 0 Å². The van der Waals surface area contributed by atoms with Crippen molar-refractivity contribution in [2.45, 2.75) is 19.4 Å². The number of halogens is 2. The van der Waals surface area contributed by atoms with Gasteiger partial charge < -0.3 is 5.73 Å². The Morgan fingerprint density at radius 1 is 1.62 bits per heavy atom. The van der Waals surface area contributed by atoms with E-state index in [-0.39, 0.29) is 12.4 Å². The number of piperidine rings is 1. The molecule has 2 heterocycles. The Morgan fingerprint density at radius 2 is 2.44 bits per heavy atom. The van der Waals surface area contributed by atoms with E-state index >= 15 is 0 Å². The fraction of sp³-hybridized carbons (Fsp3) is 0.700. The van der Waals surface area contributed by atoms with Crippen molar-refractivity contribution in [3.05, 3.63) is 15.5 Å². The Morgan fingerprint density at radius 3 is 3.06 bits per heavy atom. The number of rotatable bonds is 3. The predicted molar refractivity (Wildman–Crippen MR) is 71.4 cm³/mol. The van der Waals surface area contributed by atoms with Crippen LogP contribution in [0.2, 0.25) is 4.47 Å². The molecule has 1 aromatic rings. The van der Waals surface area contributed by atoms with Gasteiger partial charge in [0.15, 0.2) is 4.47 Å². The maximum atomic E-state index is 5.80. The molecule has 1 aliphatic rings. The van der Waals surface area contributed by atoms with Crippen molar-refractivity contribution < 1.29 is 0 Å². The van der Waals surface area contributed by atoms with Crippen LogP contribution in [0.5, 0.6) is 0 Å². The largest absolute Gasteiger partial charge is 0.330 e. The highest BCUT2D eigenvalue weighted by Crippen LogP contribution is 2.22. The Labute approximate surface area is 111 Å². The van der Waals surface area contributed by atoms with Crippen molar-refractivity contribution in [3.63, 3.8) is 0 Å². The van der Waals surface area contributed by atoms with Crippen LogP contribution >= 0.6 is 35.3 Å². The van der Waals surface area contributed by atoms with Gasteiger partial charge in [0.2, 0.25) is 0 Å². The quantitative estimate of drug-likeness (QED) is 0.925. The van der Waals surface area contributed by atoms with Gasteiger partial charge in [0.1, 0.15) is 0 Å². The van der Waals surface area contributed by atoms with E-state index in [0.29, 0.717) is 10.4 Å². The number of hydrogen-bond donors (Lipinski definition) is 1. The van der Waals surface area contributed by atoms with Crippen LogP contribution in [0.1, 0.15) is 17.7 Å². The molecule has 0 aromatic carbocycles. The minimum atomic E-state index is 0. The van der Waals surface area contributed by atoms with Crippen molar-refractivity contribution in [3.8, 4) is 0 Å². The molecule has 1 aliphatic heterocycles. The van der Waals surface area contributed by atoms with Crippen LogP contribution in [0, 0.1) is 5.92 Å². The van der Waals surface area contributed by atoms with Crippen LogP contribution < -0.4 is 5.73 Å². The lowest BCUT2D eigenvalue weighted by atomic mass is 9.98. The molecule has 0 amide bonds. The third-order valence-electron chi connectivity index (χ3n) is 2.84. The van der Waals surface area contributed by atoms with Crippen molar-refractivity contribution in [2.24, 2.45) is 11.7 Å². The van der Waals surface area contributed by atoms with E-state index in [2.05, 4.69) is 9.88 Å². The monoisotopic (exact) mass is 281 g/mol. The van der Waals surface area contributed by atoms with Gasteiger partial charge in [-0.25, -0.2) is 4.98 Å². The molecule has 6 heteroatoms. The molecule has 1 atom stereocenters. The predicted octanol–water partition coefficient (Wildman–Crippen LogP) is 2.39. The van der Waals surface area contributed by atoms with Crippen LogP contribution in [-0.2, 0) is 6.54 Å². The molecule has 0 bridgehead atoms. The summed E-state index contributed by atoms with van der Waals surface area (Å²) in [6.45, 7) is 4.07. The summed E-state index contributed by atoms with van der Waals surface area (Å²) in [5.41, 5.74) is 5.71. The summed E-state index contributed by atoms with van der Waals surface area (Å²) >= 11 is 7.37. The van der Waals surface area contributed by atoms with Crippen LogP contribution in [0.4, 0.5) is 0 Å². The Hall–Kier alpha value is 0.130. The van der Waals surface area contributed by atoms with E-state index in [0.717, 1.165) is 19.6 Å². The van der Waals surface area contributed by atoms with E-state index in [4.69, 9.17) is 17.3 Å². The standard InChI is InChI=1S/C10H16ClN3S.ClH/c11-10-13-5-9(15-10)7-14-3-1-2-8(4-12)6-14;/h5,8H,1-4,6-7,12H2;1H. The number of nitrogens with two attached hydrogens (primary N) is 1. The van der Waals surface area contributed by atoms with E-state index in [9.17, 15) is 0 Å². The zero-order valence-electron chi connectivity index (χ0n) is 9.06. The van der Waals surface area contributed by atoms with Crippen molar-refractivity contribution in [1.29, 1.82) is 0 Å². The molecule has 1 saturated heterocycles. The second-order valence-electron chi connectivity index (χ2n) is 4.06. The lowest BCUT2D eigenvalue weighted by Gasteiger charge is -2.31. The summed E-state index contributed by atoms with van der Waals surface area (Å²) in [5.74, 6) is 0.669. The Kier molecular flexibility index (Phi) is 6.00. The first-order valence-corrected chi connectivity index (χ1v) is 6.50. The summed E-state index contributed by atoms with van der Waals surface area (Å²) in [7, 11) is 0. The molecule has 1 fully saturated rings. The molecule has 0 radical (unpaired) electrons. The number of nitrogens with zero attached hydrogens (tertiary/aromatic N) is 2. The fourth-order valence-electron chi connectivity index (χ4n) is 2.06. The first-order chi connectivity index (χ1) is 7.28. The average molecular weight is 282 g/mol. The summed E-state index contributed by atoms with van der Waals surface area (Å²) in [6.07, 6.45) is 4.41. The second kappa shape index (κ2) is 6.77. The maximum absolute atomic E-state index is 5.80. The van der Waals surface area contributed by atoms with Gasteiger partial charge in [-0.05, 0) is 31.8 Å². The number of thiazole rings is 1. The van der Waals surface area contributed by atoms with Crippen LogP contribution in [-0.4, -0.2) is 29.5 Å². The smallest absolute Gasteiger partial charge is 0.183 e. The van der Waals surface area contributed by atoms with Gasteiger partial charge in [-0.3, -0.25) is 4.90 Å². The molecule has 0 saturated carbocycles. The van der Waals surface area contributed by atoms with Crippen molar-refractivity contribution in [2.75, 3.05) is 19.6 Å². The number of hydrogen-bond acceptors (Lipinski definition) is 4. The molecule has 2 rings (SSSR count). The third kappa shape index (κ3) is 3.86. The fourth-order valence-corrected chi connectivity index (χ4v) is 3.08. The van der Waals surface area contributed by atoms with Gasteiger partial charge in [0.25, 0.3) is 0 Å². The molecule has 1 aromatic heterocycles. The summed E-state index contributed by atoms with van der Waals surface area (Å²) in [5, 5.41) is 0. The third-order valence-corrected chi connectivity index (χ3v) is 3.94. The van der Waals surface area contributed by atoms with Gasteiger partial charge in [-0.1, -0.05) is 11.6 Å². The Balaban J connectivity index is 0.00000128. The molecular formula is C10H17Cl2N3S. The van der Waals surface area contributed by atoms with Crippen molar-refractivity contribution in [1.82, 2.24) is 9.88 Å². The molecule has 16 heavy (non-hydrogen) atoms. The highest BCUT2D eigenvalue weighted by Gasteiger charge is 2.19. The molecule has 92 valence electrons. The van der Waals surface area contributed by atoms with E-state index in [1.165, 1.54) is 24.3 Å². The normalized spacial score (nSPS) is 21.8. The Bertz CT molecular complexity index is 319. The van der Waals surface area contributed by atoms with Gasteiger partial charge in [0.05, 0.1) is 0 Å². The minimum absolute atomic E-state index is 0. The highest BCUT2D eigenvalue weighted by atomic mass is 35.5. The molecular weight excluding hydrogens is 265 g/mol. The molecule has 2 N–H and O–H groups in total. The minimum Gasteiger partial charge on any atom is -0.330 e. The van der Waals surface area contributed by atoms with E-state index in [1.54, 1.807) is 11.3 Å². The van der Waals surface area contributed by atoms with Crippen LogP contribution in [0.15, 0.2) is 6.20 Å². The van der Waals surface area contributed by atoms with Crippen molar-refractivity contribution >= 4 is 35.3 Å². The van der Waals surface area contributed by atoms with E-state index in [1.807, 2.05) is 6.20 Å². The van der Waals surface area contributed by atoms with E-state index < -0.39 is 0 Å². The number of likely N-dealkylation sites (tertiary alicyclic amines) is 1. The molecule has 3 nitrogen and oxygen atoms in total. The van der Waals surface area contributed by atoms with Crippen LogP contribution in [0.25, 0.3) is 0 Å². The highest BCUT2D eigenvalue weighted by molar-refractivity contribution is 7.15. The maximum Gasteiger partial charge on any atom is 0.183 e. The SMILES string of the molecule is Cl.NCC1CCCN(Cc2cnc(Cl)s2)C1. The number of aromatic nitrogens is 1.